The van der Waals surface area contributed by atoms with Crippen LogP contribution in [0.15, 0.2) is 0 Å². The number of aliphatic carboxylic acids is 1. The van der Waals surface area contributed by atoms with Crippen LogP contribution in [0, 0.1) is 5.92 Å². The van der Waals surface area contributed by atoms with Gasteiger partial charge in [0.05, 0.1) is 18.7 Å². The Kier molecular flexibility index (Phi) is 10.2. The normalized spacial score (nSPS) is 17.3. The van der Waals surface area contributed by atoms with Crippen molar-refractivity contribution in [1.82, 2.24) is 10.6 Å². The largest absolute Gasteiger partial charge is 0.480 e. The molecule has 2 amide bonds. The maximum Gasteiger partial charge on any atom is 0.322 e. The Labute approximate surface area is 144 Å². The summed E-state index contributed by atoms with van der Waals surface area (Å²) in [5.41, 5.74) is 5.67. The van der Waals surface area contributed by atoms with Crippen LogP contribution in [0.4, 0.5) is 0 Å². The zero-order valence-corrected chi connectivity index (χ0v) is 14.1. The minimum absolute atomic E-state index is 0.128. The molecule has 0 aromatic carbocycles. The molecule has 0 fully saturated rings. The van der Waals surface area contributed by atoms with Crippen LogP contribution in [-0.2, 0) is 14.4 Å². The van der Waals surface area contributed by atoms with E-state index in [1.165, 1.54) is 0 Å². The number of nitrogens with two attached hydrogens (primary N) is 1. The lowest BCUT2D eigenvalue weighted by molar-refractivity contribution is -0.146. The highest BCUT2D eigenvalue weighted by Gasteiger charge is 2.36. The van der Waals surface area contributed by atoms with E-state index in [4.69, 9.17) is 10.8 Å². The third-order valence-electron chi connectivity index (χ3n) is 3.35. The van der Waals surface area contributed by atoms with Gasteiger partial charge in [-0.25, -0.2) is 0 Å². The van der Waals surface area contributed by atoms with Gasteiger partial charge in [0.15, 0.2) is 6.10 Å². The van der Waals surface area contributed by atoms with E-state index in [0.717, 1.165) is 0 Å². The summed E-state index contributed by atoms with van der Waals surface area (Å²) >= 11 is 0. The fourth-order valence-corrected chi connectivity index (χ4v) is 1.99. The van der Waals surface area contributed by atoms with E-state index in [-0.39, 0.29) is 5.92 Å². The van der Waals surface area contributed by atoms with Gasteiger partial charge in [0.25, 0.3) is 5.91 Å². The van der Waals surface area contributed by atoms with Crippen molar-refractivity contribution in [2.75, 3.05) is 13.2 Å². The Morgan fingerprint density at radius 1 is 1.04 bits per heavy atom. The van der Waals surface area contributed by atoms with E-state index in [1.54, 1.807) is 0 Å². The molecule has 11 nitrogen and oxygen atoms in total. The molecule has 0 radical (unpaired) electrons. The Morgan fingerprint density at radius 3 is 2.04 bits per heavy atom. The summed E-state index contributed by atoms with van der Waals surface area (Å²) < 4.78 is 0. The Hall–Kier alpha value is -1.79. The summed E-state index contributed by atoms with van der Waals surface area (Å²) in [6.45, 7) is 2.12. The van der Waals surface area contributed by atoms with Crippen LogP contribution in [0.2, 0.25) is 0 Å². The highest BCUT2D eigenvalue weighted by atomic mass is 16.4. The summed E-state index contributed by atoms with van der Waals surface area (Å²) in [6.07, 6.45) is -5.79. The second-order valence-corrected chi connectivity index (χ2v) is 6.07. The van der Waals surface area contributed by atoms with Crippen molar-refractivity contribution in [3.05, 3.63) is 0 Å². The standard InChI is InChI=1S/C14H27N3O8/c1-6(2)3-7(15)13(24)17-8(5-18)10(21)11(22)12(23)14(25)16-4-9(19)20/h6-8,10-12,18,21-23H,3-5,15H2,1-2H3,(H,16,25)(H,17,24)(H,19,20)/t7-,8-,10+,11+,12-/m0/s1. The Morgan fingerprint density at radius 2 is 1.60 bits per heavy atom. The maximum atomic E-state index is 11.9. The lowest BCUT2D eigenvalue weighted by Crippen LogP contribution is -2.58. The van der Waals surface area contributed by atoms with Gasteiger partial charge in [-0.05, 0) is 12.3 Å². The number of amides is 2. The monoisotopic (exact) mass is 365 g/mol. The van der Waals surface area contributed by atoms with Crippen molar-refractivity contribution in [2.24, 2.45) is 11.7 Å². The van der Waals surface area contributed by atoms with Crippen LogP contribution < -0.4 is 16.4 Å². The van der Waals surface area contributed by atoms with Crippen LogP contribution in [-0.4, -0.2) is 86.9 Å². The number of rotatable bonds is 11. The Balaban J connectivity index is 4.78. The van der Waals surface area contributed by atoms with Gasteiger partial charge in [-0.2, -0.15) is 0 Å². The van der Waals surface area contributed by atoms with Gasteiger partial charge in [0, 0.05) is 0 Å². The quantitative estimate of drug-likeness (QED) is 0.180. The average Bonchev–Trinajstić information content (AvgIpc) is 2.54. The van der Waals surface area contributed by atoms with E-state index in [9.17, 15) is 34.8 Å². The summed E-state index contributed by atoms with van der Waals surface area (Å²) in [5, 5.41) is 51.2. The summed E-state index contributed by atoms with van der Waals surface area (Å²) in [5.74, 6) is -3.14. The van der Waals surface area contributed by atoms with Crippen molar-refractivity contribution in [3.8, 4) is 0 Å². The summed E-state index contributed by atoms with van der Waals surface area (Å²) in [6, 6.07) is -2.29. The summed E-state index contributed by atoms with van der Waals surface area (Å²) in [7, 11) is 0. The molecule has 146 valence electrons. The molecule has 0 rings (SSSR count). The van der Waals surface area contributed by atoms with E-state index in [1.807, 2.05) is 19.2 Å². The molecular weight excluding hydrogens is 338 g/mol. The minimum Gasteiger partial charge on any atom is -0.480 e. The predicted octanol–water partition coefficient (Wildman–Crippen LogP) is -3.88. The molecule has 0 aromatic rings. The van der Waals surface area contributed by atoms with Crippen LogP contribution in [0.3, 0.4) is 0 Å². The van der Waals surface area contributed by atoms with Crippen molar-refractivity contribution in [2.45, 2.75) is 50.7 Å². The number of carbonyl (C=O) groups excluding carboxylic acids is 2. The molecule has 0 aromatic heterocycles. The highest BCUT2D eigenvalue weighted by Crippen LogP contribution is 2.08. The third kappa shape index (κ3) is 8.23. The molecule has 0 aliphatic rings. The fourth-order valence-electron chi connectivity index (χ4n) is 1.99. The van der Waals surface area contributed by atoms with E-state index < -0.39 is 61.3 Å². The molecule has 0 spiro atoms. The van der Waals surface area contributed by atoms with Crippen LogP contribution >= 0.6 is 0 Å². The molecule has 0 unspecified atom stereocenters. The van der Waals surface area contributed by atoms with Crippen molar-refractivity contribution >= 4 is 17.8 Å². The molecule has 9 N–H and O–H groups in total. The first-order valence-electron chi connectivity index (χ1n) is 7.71. The lowest BCUT2D eigenvalue weighted by Gasteiger charge is -2.29. The summed E-state index contributed by atoms with van der Waals surface area (Å²) in [4.78, 5) is 33.7. The molecule has 25 heavy (non-hydrogen) atoms. The number of carboxylic acid groups (broad SMARTS) is 1. The van der Waals surface area contributed by atoms with Crippen molar-refractivity contribution < 1.29 is 39.9 Å². The smallest absolute Gasteiger partial charge is 0.322 e. The first kappa shape index (κ1) is 23.2. The molecule has 0 bridgehead atoms. The van der Waals surface area contributed by atoms with Gasteiger partial charge < -0.3 is 41.9 Å². The van der Waals surface area contributed by atoms with Gasteiger partial charge in [-0.15, -0.1) is 0 Å². The number of aliphatic hydroxyl groups excluding tert-OH is 4. The molecular formula is C14H27N3O8. The third-order valence-corrected chi connectivity index (χ3v) is 3.35. The molecule has 0 heterocycles. The van der Waals surface area contributed by atoms with E-state index >= 15 is 0 Å². The van der Waals surface area contributed by atoms with Gasteiger partial charge in [0.1, 0.15) is 18.8 Å². The zero-order chi connectivity index (χ0) is 19.7. The van der Waals surface area contributed by atoms with Gasteiger partial charge in [-0.1, -0.05) is 13.8 Å². The number of nitrogens with one attached hydrogen (secondary N) is 2. The molecule has 5 atom stereocenters. The number of aliphatic hydroxyl groups is 4. The molecule has 0 saturated carbocycles. The molecule has 0 saturated heterocycles. The van der Waals surface area contributed by atoms with E-state index in [2.05, 4.69) is 5.32 Å². The molecule has 0 aliphatic heterocycles. The van der Waals surface area contributed by atoms with Gasteiger partial charge in [-0.3, -0.25) is 14.4 Å². The topological polar surface area (TPSA) is 202 Å². The lowest BCUT2D eigenvalue weighted by atomic mass is 9.99. The minimum atomic E-state index is -2.16. The number of hydrogen-bond donors (Lipinski definition) is 8. The molecule has 11 heteroatoms. The second kappa shape index (κ2) is 10.9. The number of carboxylic acids is 1. The zero-order valence-electron chi connectivity index (χ0n) is 14.1. The fraction of sp³-hybridized carbons (Fsp3) is 0.786. The van der Waals surface area contributed by atoms with Crippen LogP contribution in [0.25, 0.3) is 0 Å². The highest BCUT2D eigenvalue weighted by molar-refractivity contribution is 5.85. The SMILES string of the molecule is CC(C)C[C@H](N)C(=O)N[C@@H](CO)[C@@H](O)[C@@H](O)[C@H](O)C(=O)NCC(=O)O. The first-order valence-corrected chi connectivity index (χ1v) is 7.71. The second-order valence-electron chi connectivity index (χ2n) is 6.07. The number of hydrogen-bond acceptors (Lipinski definition) is 8. The van der Waals surface area contributed by atoms with Crippen molar-refractivity contribution in [1.29, 1.82) is 0 Å². The van der Waals surface area contributed by atoms with E-state index in [0.29, 0.717) is 6.42 Å². The van der Waals surface area contributed by atoms with Gasteiger partial charge >= 0.3 is 5.97 Å². The van der Waals surface area contributed by atoms with Crippen LogP contribution in [0.5, 0.6) is 0 Å². The molecule has 0 aliphatic carbocycles. The Bertz CT molecular complexity index is 459. The van der Waals surface area contributed by atoms with Crippen LogP contribution in [0.1, 0.15) is 20.3 Å². The predicted molar refractivity (Wildman–Crippen MR) is 85.1 cm³/mol. The first-order chi connectivity index (χ1) is 11.5. The van der Waals surface area contributed by atoms with Gasteiger partial charge in [0.2, 0.25) is 5.91 Å². The number of carbonyl (C=O) groups is 3. The maximum absolute atomic E-state index is 11.9. The van der Waals surface area contributed by atoms with Crippen molar-refractivity contribution in [3.63, 3.8) is 0 Å². The average molecular weight is 365 g/mol.